The highest BCUT2D eigenvalue weighted by Crippen LogP contribution is 2.21. The van der Waals surface area contributed by atoms with Crippen LogP contribution in [0.4, 0.5) is 0 Å². The number of ketones is 1. The van der Waals surface area contributed by atoms with Crippen LogP contribution in [0.1, 0.15) is 40.5 Å². The molecule has 0 saturated carbocycles. The number of Topliss-reactive ketones (excluding diaryl/α,β-unsaturated/α-hetero) is 1. The first-order chi connectivity index (χ1) is 4.83. The number of nitrogens with two attached hydrogens (primary N) is 1. The molecule has 0 aliphatic carbocycles. The van der Waals surface area contributed by atoms with Gasteiger partial charge in [-0.05, 0) is 25.2 Å². The average Bonchev–Trinajstić information content (AvgIpc) is 1.80. The molecule has 0 saturated heterocycles. The molecule has 0 bridgehead atoms. The van der Waals surface area contributed by atoms with Gasteiger partial charge in [0.15, 0.2) is 0 Å². The minimum atomic E-state index is -0.255. The van der Waals surface area contributed by atoms with Crippen LogP contribution in [0.2, 0.25) is 0 Å². The number of hydrogen-bond acceptors (Lipinski definition) is 2. The molecule has 1 atom stereocenters. The van der Waals surface area contributed by atoms with Crippen LogP contribution in [0.25, 0.3) is 0 Å². The van der Waals surface area contributed by atoms with Crippen LogP contribution in [0, 0.1) is 5.41 Å². The molecule has 0 spiro atoms. The normalized spacial score (nSPS) is 14.6. The maximum absolute atomic E-state index is 10.7. The zero-order valence-electron chi connectivity index (χ0n) is 7.98. The highest BCUT2D eigenvalue weighted by Gasteiger charge is 2.14. The van der Waals surface area contributed by atoms with Crippen molar-refractivity contribution in [2.75, 3.05) is 0 Å². The second-order valence-corrected chi connectivity index (χ2v) is 4.32. The van der Waals surface area contributed by atoms with Gasteiger partial charge < -0.3 is 5.73 Å². The van der Waals surface area contributed by atoms with Gasteiger partial charge in [0, 0.05) is 0 Å². The molecule has 0 amide bonds. The fourth-order valence-electron chi connectivity index (χ4n) is 0.792. The van der Waals surface area contributed by atoms with Crippen LogP contribution in [-0.4, -0.2) is 11.8 Å². The summed E-state index contributed by atoms with van der Waals surface area (Å²) in [4.78, 5) is 10.7. The summed E-state index contributed by atoms with van der Waals surface area (Å²) in [5.74, 6) is 0.0919. The lowest BCUT2D eigenvalue weighted by Gasteiger charge is -2.19. The molecule has 0 aromatic rings. The SMILES string of the molecule is CC(=O)[C@@H](N)CCC(C)(C)C. The summed E-state index contributed by atoms with van der Waals surface area (Å²) in [7, 11) is 0. The van der Waals surface area contributed by atoms with Crippen molar-refractivity contribution >= 4 is 5.78 Å². The number of carbonyl (C=O) groups is 1. The monoisotopic (exact) mass is 157 g/mol. The molecule has 2 heteroatoms. The number of carbonyl (C=O) groups excluding carboxylic acids is 1. The molecule has 0 aliphatic heterocycles. The molecule has 11 heavy (non-hydrogen) atoms. The molecule has 0 radical (unpaired) electrons. The minimum Gasteiger partial charge on any atom is -0.322 e. The standard InChI is InChI=1S/C9H19NO/c1-7(11)8(10)5-6-9(2,3)4/h8H,5-6,10H2,1-4H3/t8-/m0/s1. The van der Waals surface area contributed by atoms with E-state index in [2.05, 4.69) is 20.8 Å². The molecule has 0 fully saturated rings. The van der Waals surface area contributed by atoms with Crippen molar-refractivity contribution in [2.45, 2.75) is 46.6 Å². The second-order valence-electron chi connectivity index (χ2n) is 4.32. The third-order valence-electron chi connectivity index (χ3n) is 1.73. The van der Waals surface area contributed by atoms with E-state index in [0.29, 0.717) is 0 Å². The lowest BCUT2D eigenvalue weighted by molar-refractivity contribution is -0.118. The Kier molecular flexibility index (Phi) is 3.73. The Morgan fingerprint density at radius 2 is 1.91 bits per heavy atom. The molecule has 0 rings (SSSR count). The van der Waals surface area contributed by atoms with Crippen molar-refractivity contribution in [2.24, 2.45) is 11.1 Å². The largest absolute Gasteiger partial charge is 0.322 e. The van der Waals surface area contributed by atoms with Crippen molar-refractivity contribution in [3.05, 3.63) is 0 Å². The predicted octanol–water partition coefficient (Wildman–Crippen LogP) is 1.73. The molecular weight excluding hydrogens is 138 g/mol. The topological polar surface area (TPSA) is 43.1 Å². The summed E-state index contributed by atoms with van der Waals surface area (Å²) in [6, 6.07) is -0.255. The number of hydrogen-bond donors (Lipinski definition) is 1. The Labute approximate surface area is 69.2 Å². The summed E-state index contributed by atoms with van der Waals surface area (Å²) in [5, 5.41) is 0. The summed E-state index contributed by atoms with van der Waals surface area (Å²) in [6.07, 6.45) is 1.81. The van der Waals surface area contributed by atoms with Gasteiger partial charge in [-0.25, -0.2) is 0 Å². The van der Waals surface area contributed by atoms with Gasteiger partial charge >= 0.3 is 0 Å². The van der Waals surface area contributed by atoms with Gasteiger partial charge in [-0.15, -0.1) is 0 Å². The van der Waals surface area contributed by atoms with E-state index in [4.69, 9.17) is 5.73 Å². The van der Waals surface area contributed by atoms with Crippen LogP contribution in [-0.2, 0) is 4.79 Å². The fraction of sp³-hybridized carbons (Fsp3) is 0.889. The Morgan fingerprint density at radius 3 is 2.18 bits per heavy atom. The highest BCUT2D eigenvalue weighted by molar-refractivity contribution is 5.81. The summed E-state index contributed by atoms with van der Waals surface area (Å²) >= 11 is 0. The van der Waals surface area contributed by atoms with Crippen LogP contribution < -0.4 is 5.73 Å². The van der Waals surface area contributed by atoms with E-state index in [9.17, 15) is 4.79 Å². The Hall–Kier alpha value is -0.370. The minimum absolute atomic E-state index is 0.0919. The van der Waals surface area contributed by atoms with Gasteiger partial charge in [0.05, 0.1) is 6.04 Å². The molecular formula is C9H19NO. The van der Waals surface area contributed by atoms with Crippen molar-refractivity contribution in [3.63, 3.8) is 0 Å². The Bertz CT molecular complexity index is 135. The van der Waals surface area contributed by atoms with Crippen LogP contribution in [0.5, 0.6) is 0 Å². The van der Waals surface area contributed by atoms with Gasteiger partial charge in [-0.1, -0.05) is 20.8 Å². The summed E-state index contributed by atoms with van der Waals surface area (Å²) in [5.41, 5.74) is 5.86. The van der Waals surface area contributed by atoms with E-state index in [1.807, 2.05) is 0 Å². The van der Waals surface area contributed by atoms with Gasteiger partial charge in [0.2, 0.25) is 0 Å². The zero-order chi connectivity index (χ0) is 9.07. The average molecular weight is 157 g/mol. The van der Waals surface area contributed by atoms with E-state index in [-0.39, 0.29) is 17.2 Å². The van der Waals surface area contributed by atoms with Gasteiger partial charge in [0.25, 0.3) is 0 Å². The van der Waals surface area contributed by atoms with Gasteiger partial charge in [0.1, 0.15) is 5.78 Å². The van der Waals surface area contributed by atoms with E-state index in [0.717, 1.165) is 12.8 Å². The molecule has 0 aliphatic rings. The molecule has 0 aromatic carbocycles. The van der Waals surface area contributed by atoms with Gasteiger partial charge in [-0.2, -0.15) is 0 Å². The molecule has 0 unspecified atom stereocenters. The maximum Gasteiger partial charge on any atom is 0.146 e. The van der Waals surface area contributed by atoms with Gasteiger partial charge in [-0.3, -0.25) is 4.79 Å². The first kappa shape index (κ1) is 10.6. The zero-order valence-corrected chi connectivity index (χ0v) is 7.98. The van der Waals surface area contributed by atoms with E-state index >= 15 is 0 Å². The number of rotatable bonds is 3. The third kappa shape index (κ3) is 6.05. The van der Waals surface area contributed by atoms with Crippen molar-refractivity contribution in [1.82, 2.24) is 0 Å². The summed E-state index contributed by atoms with van der Waals surface area (Å²) < 4.78 is 0. The first-order valence-electron chi connectivity index (χ1n) is 4.09. The third-order valence-corrected chi connectivity index (χ3v) is 1.73. The maximum atomic E-state index is 10.7. The summed E-state index contributed by atoms with van der Waals surface area (Å²) in [6.45, 7) is 8.01. The molecule has 2 nitrogen and oxygen atoms in total. The second kappa shape index (κ2) is 3.86. The predicted molar refractivity (Wildman–Crippen MR) is 47.3 cm³/mol. The Morgan fingerprint density at radius 1 is 1.45 bits per heavy atom. The smallest absolute Gasteiger partial charge is 0.146 e. The first-order valence-corrected chi connectivity index (χ1v) is 4.09. The van der Waals surface area contributed by atoms with Crippen LogP contribution >= 0.6 is 0 Å². The quantitative estimate of drug-likeness (QED) is 0.678. The van der Waals surface area contributed by atoms with Crippen molar-refractivity contribution in [1.29, 1.82) is 0 Å². The molecule has 66 valence electrons. The molecule has 2 N–H and O–H groups in total. The van der Waals surface area contributed by atoms with Crippen LogP contribution in [0.15, 0.2) is 0 Å². The van der Waals surface area contributed by atoms with E-state index < -0.39 is 0 Å². The Balaban J connectivity index is 3.63. The van der Waals surface area contributed by atoms with E-state index in [1.165, 1.54) is 0 Å². The highest BCUT2D eigenvalue weighted by atomic mass is 16.1. The molecule has 0 heterocycles. The molecule has 0 aromatic heterocycles. The van der Waals surface area contributed by atoms with Crippen molar-refractivity contribution in [3.8, 4) is 0 Å². The van der Waals surface area contributed by atoms with Crippen LogP contribution in [0.3, 0.4) is 0 Å². The van der Waals surface area contributed by atoms with E-state index in [1.54, 1.807) is 6.92 Å². The van der Waals surface area contributed by atoms with Crippen molar-refractivity contribution < 1.29 is 4.79 Å². The lowest BCUT2D eigenvalue weighted by Crippen LogP contribution is -2.29. The lowest BCUT2D eigenvalue weighted by atomic mass is 9.88. The fourth-order valence-corrected chi connectivity index (χ4v) is 0.792.